The number of aromatic nitrogens is 1. The molecule has 5 heteroatoms. The van der Waals surface area contributed by atoms with Crippen molar-refractivity contribution in [2.45, 2.75) is 26.2 Å². The lowest BCUT2D eigenvalue weighted by atomic mass is 9.90. The van der Waals surface area contributed by atoms with Crippen molar-refractivity contribution in [3.8, 4) is 10.6 Å². The summed E-state index contributed by atoms with van der Waals surface area (Å²) in [5, 5.41) is 12.9. The highest BCUT2D eigenvalue weighted by atomic mass is 32.1. The number of carbonyl (C=O) groups is 1. The van der Waals surface area contributed by atoms with Crippen LogP contribution in [0.15, 0.2) is 34.1 Å². The highest BCUT2D eigenvalue weighted by Crippen LogP contribution is 2.37. The number of carboxylic acid groups (broad SMARTS) is 1. The minimum Gasteiger partial charge on any atom is -0.481 e. The Kier molecular flexibility index (Phi) is 3.10. The summed E-state index contributed by atoms with van der Waals surface area (Å²) < 4.78 is 5.75. The third kappa shape index (κ3) is 2.14. The van der Waals surface area contributed by atoms with Gasteiger partial charge in [0, 0.05) is 10.8 Å². The van der Waals surface area contributed by atoms with Gasteiger partial charge in [-0.1, -0.05) is 18.2 Å². The molecule has 1 N–H and O–H groups in total. The second kappa shape index (κ2) is 4.70. The summed E-state index contributed by atoms with van der Waals surface area (Å²) in [7, 11) is 0. The molecule has 3 rings (SSSR count). The number of hydrogen-bond donors (Lipinski definition) is 1. The first kappa shape index (κ1) is 13.8. The van der Waals surface area contributed by atoms with E-state index in [1.54, 1.807) is 13.8 Å². The number of benzene rings is 1. The van der Waals surface area contributed by atoms with E-state index in [4.69, 9.17) is 4.42 Å². The number of fused-ring (bicyclic) bond motifs is 1. The van der Waals surface area contributed by atoms with Crippen molar-refractivity contribution in [1.29, 1.82) is 0 Å². The van der Waals surface area contributed by atoms with Gasteiger partial charge in [0.05, 0.1) is 11.3 Å². The molecule has 0 aliphatic carbocycles. The van der Waals surface area contributed by atoms with Crippen LogP contribution in [0.4, 0.5) is 0 Å². The Morgan fingerprint density at radius 2 is 2.05 bits per heavy atom. The topological polar surface area (TPSA) is 63.3 Å². The van der Waals surface area contributed by atoms with Gasteiger partial charge in [0.1, 0.15) is 21.8 Å². The molecule has 0 radical (unpaired) electrons. The van der Waals surface area contributed by atoms with Gasteiger partial charge in [0.2, 0.25) is 0 Å². The van der Waals surface area contributed by atoms with Crippen LogP contribution in [0.2, 0.25) is 0 Å². The van der Waals surface area contributed by atoms with Gasteiger partial charge < -0.3 is 9.52 Å². The molecule has 1 aromatic carbocycles. The molecule has 2 heterocycles. The third-order valence-corrected chi connectivity index (χ3v) is 4.52. The fourth-order valence-corrected chi connectivity index (χ4v) is 3.31. The Balaban J connectivity index is 2.15. The van der Waals surface area contributed by atoms with E-state index in [1.807, 2.05) is 36.6 Å². The number of nitrogens with zero attached hydrogens (tertiary/aromatic N) is 1. The van der Waals surface area contributed by atoms with Crippen molar-refractivity contribution in [1.82, 2.24) is 4.98 Å². The van der Waals surface area contributed by atoms with Crippen LogP contribution >= 0.6 is 11.3 Å². The van der Waals surface area contributed by atoms with Crippen molar-refractivity contribution in [3.63, 3.8) is 0 Å². The molecule has 0 aliphatic heterocycles. The summed E-state index contributed by atoms with van der Waals surface area (Å²) in [6, 6.07) is 7.79. The molecule has 0 saturated carbocycles. The van der Waals surface area contributed by atoms with Crippen molar-refractivity contribution >= 4 is 28.3 Å². The van der Waals surface area contributed by atoms with Gasteiger partial charge in [0.25, 0.3) is 0 Å². The number of aryl methyl sites for hydroxylation is 1. The maximum atomic E-state index is 11.3. The van der Waals surface area contributed by atoms with Crippen LogP contribution in [-0.2, 0) is 10.2 Å². The minimum absolute atomic E-state index is 0.569. The predicted molar refractivity (Wildman–Crippen MR) is 82.7 cm³/mol. The SMILES string of the molecule is Cc1oc2ccccc2c1-c1nc(C(C)(C)C(=O)O)cs1. The van der Waals surface area contributed by atoms with Gasteiger partial charge in [-0.05, 0) is 26.8 Å². The van der Waals surface area contributed by atoms with E-state index in [1.165, 1.54) is 11.3 Å². The van der Waals surface area contributed by atoms with E-state index >= 15 is 0 Å². The number of aliphatic carboxylic acids is 1. The van der Waals surface area contributed by atoms with Gasteiger partial charge in [-0.2, -0.15) is 0 Å². The first-order chi connectivity index (χ1) is 9.91. The molecule has 0 unspecified atom stereocenters. The highest BCUT2D eigenvalue weighted by molar-refractivity contribution is 7.13. The van der Waals surface area contributed by atoms with Crippen molar-refractivity contribution in [3.05, 3.63) is 41.1 Å². The van der Waals surface area contributed by atoms with Gasteiger partial charge in [-0.15, -0.1) is 11.3 Å². The number of furan rings is 1. The zero-order valence-corrected chi connectivity index (χ0v) is 12.8. The fraction of sp³-hybridized carbons (Fsp3) is 0.250. The van der Waals surface area contributed by atoms with E-state index in [0.29, 0.717) is 5.69 Å². The van der Waals surface area contributed by atoms with Crippen molar-refractivity contribution < 1.29 is 14.3 Å². The second-order valence-electron chi connectivity index (χ2n) is 5.50. The monoisotopic (exact) mass is 301 g/mol. The Labute approximate surface area is 126 Å². The quantitative estimate of drug-likeness (QED) is 0.786. The summed E-state index contributed by atoms with van der Waals surface area (Å²) in [6.07, 6.45) is 0. The van der Waals surface area contributed by atoms with E-state index in [9.17, 15) is 9.90 Å². The minimum atomic E-state index is -0.998. The van der Waals surface area contributed by atoms with Crippen LogP contribution < -0.4 is 0 Å². The molecule has 0 aliphatic rings. The molecule has 4 nitrogen and oxygen atoms in total. The highest BCUT2D eigenvalue weighted by Gasteiger charge is 2.32. The Bertz CT molecular complexity index is 829. The molecule has 108 valence electrons. The van der Waals surface area contributed by atoms with Gasteiger partial charge in [-0.3, -0.25) is 4.79 Å². The predicted octanol–water partition coefficient (Wildman–Crippen LogP) is 4.23. The number of thiazole rings is 1. The fourth-order valence-electron chi connectivity index (χ4n) is 2.22. The van der Waals surface area contributed by atoms with Gasteiger partial charge in [0.15, 0.2) is 0 Å². The summed E-state index contributed by atoms with van der Waals surface area (Å²) in [5.41, 5.74) is 1.34. The maximum Gasteiger partial charge on any atom is 0.315 e. The summed E-state index contributed by atoms with van der Waals surface area (Å²) >= 11 is 1.45. The molecule has 0 spiro atoms. The molecular formula is C16H15NO3S. The standard InChI is InChI=1S/C16H15NO3S/c1-9-13(10-6-4-5-7-11(10)20-9)14-17-12(8-21-14)16(2,3)15(18)19/h4-8H,1-3H3,(H,18,19). The van der Waals surface area contributed by atoms with Crippen molar-refractivity contribution in [2.24, 2.45) is 0 Å². The van der Waals surface area contributed by atoms with Gasteiger partial charge >= 0.3 is 5.97 Å². The number of hydrogen-bond acceptors (Lipinski definition) is 4. The van der Waals surface area contributed by atoms with Crippen LogP contribution in [0, 0.1) is 6.92 Å². The first-order valence-corrected chi connectivity index (χ1v) is 7.47. The van der Waals surface area contributed by atoms with E-state index in [2.05, 4.69) is 4.98 Å². The molecule has 0 bridgehead atoms. The third-order valence-electron chi connectivity index (χ3n) is 3.66. The molecule has 0 amide bonds. The largest absolute Gasteiger partial charge is 0.481 e. The van der Waals surface area contributed by atoms with Gasteiger partial charge in [-0.25, -0.2) is 4.98 Å². The number of para-hydroxylation sites is 1. The van der Waals surface area contributed by atoms with Crippen molar-refractivity contribution in [2.75, 3.05) is 0 Å². The van der Waals surface area contributed by atoms with E-state index < -0.39 is 11.4 Å². The number of carboxylic acids is 1. The summed E-state index contributed by atoms with van der Waals surface area (Å²) in [5.74, 6) is -0.0849. The van der Waals surface area contributed by atoms with Crippen LogP contribution in [0.1, 0.15) is 25.3 Å². The molecular weight excluding hydrogens is 286 g/mol. The Hall–Kier alpha value is -2.14. The zero-order valence-electron chi connectivity index (χ0n) is 12.0. The molecule has 0 fully saturated rings. The average molecular weight is 301 g/mol. The lowest BCUT2D eigenvalue weighted by Crippen LogP contribution is -2.28. The summed E-state index contributed by atoms with van der Waals surface area (Å²) in [4.78, 5) is 15.9. The average Bonchev–Trinajstić information content (AvgIpc) is 3.01. The van der Waals surface area contributed by atoms with E-state index in [-0.39, 0.29) is 0 Å². The van der Waals surface area contributed by atoms with Crippen LogP contribution in [0.5, 0.6) is 0 Å². The lowest BCUT2D eigenvalue weighted by Gasteiger charge is -2.15. The first-order valence-electron chi connectivity index (χ1n) is 6.59. The summed E-state index contributed by atoms with van der Waals surface area (Å²) in [6.45, 7) is 5.22. The molecule has 21 heavy (non-hydrogen) atoms. The normalized spacial score (nSPS) is 12.0. The second-order valence-corrected chi connectivity index (χ2v) is 6.36. The molecule has 0 saturated heterocycles. The Morgan fingerprint density at radius 3 is 2.76 bits per heavy atom. The lowest BCUT2D eigenvalue weighted by molar-refractivity contribution is -0.142. The maximum absolute atomic E-state index is 11.3. The zero-order chi connectivity index (χ0) is 15.2. The smallest absolute Gasteiger partial charge is 0.315 e. The molecule has 3 aromatic rings. The van der Waals surface area contributed by atoms with Crippen LogP contribution in [0.25, 0.3) is 21.5 Å². The van der Waals surface area contributed by atoms with Crippen LogP contribution in [0.3, 0.4) is 0 Å². The van der Waals surface area contributed by atoms with Crippen LogP contribution in [-0.4, -0.2) is 16.1 Å². The Morgan fingerprint density at radius 1 is 1.33 bits per heavy atom. The molecule has 0 atom stereocenters. The van der Waals surface area contributed by atoms with E-state index in [0.717, 1.165) is 27.3 Å². The number of rotatable bonds is 3. The molecule has 2 aromatic heterocycles.